The van der Waals surface area contributed by atoms with Crippen LogP contribution in [-0.2, 0) is 22.6 Å². The van der Waals surface area contributed by atoms with Crippen LogP contribution < -0.4 is 0 Å². The molecule has 0 amide bonds. The van der Waals surface area contributed by atoms with Crippen LogP contribution in [0.25, 0.3) is 10.9 Å². The molecule has 0 fully saturated rings. The summed E-state index contributed by atoms with van der Waals surface area (Å²) in [4.78, 5) is 23.5. The molecule has 1 aromatic heterocycles. The van der Waals surface area contributed by atoms with E-state index < -0.39 is 12.1 Å². The number of carboxylic acids is 1. The van der Waals surface area contributed by atoms with E-state index in [1.165, 1.54) is 4.57 Å². The summed E-state index contributed by atoms with van der Waals surface area (Å²) < 4.78 is 6.72. The number of rotatable bonds is 4. The molecule has 2 aromatic carbocycles. The quantitative estimate of drug-likeness (QED) is 0.793. The van der Waals surface area contributed by atoms with Crippen LogP contribution in [0, 0.1) is 6.92 Å². The summed E-state index contributed by atoms with van der Waals surface area (Å²) in [6.07, 6.45) is 0.883. The van der Waals surface area contributed by atoms with E-state index in [-0.39, 0.29) is 13.0 Å². The molecular weight excluding hydrogens is 306 g/mol. The first kappa shape index (κ1) is 15.8. The predicted molar refractivity (Wildman–Crippen MR) is 90.0 cm³/mol. The molecule has 1 N–H and O–H groups in total. The molecule has 0 aliphatic heterocycles. The van der Waals surface area contributed by atoms with Crippen LogP contribution in [0.1, 0.15) is 16.7 Å². The van der Waals surface area contributed by atoms with Crippen molar-refractivity contribution in [2.45, 2.75) is 20.0 Å². The number of hydrogen-bond acceptors (Lipinski definition) is 3. The fourth-order valence-electron chi connectivity index (χ4n) is 2.66. The van der Waals surface area contributed by atoms with Gasteiger partial charge in [0.15, 0.2) is 0 Å². The van der Waals surface area contributed by atoms with Gasteiger partial charge in [0, 0.05) is 11.6 Å². The van der Waals surface area contributed by atoms with Gasteiger partial charge in [-0.15, -0.1) is 0 Å². The van der Waals surface area contributed by atoms with Gasteiger partial charge in [-0.1, -0.05) is 42.0 Å². The molecule has 0 atom stereocenters. The Morgan fingerprint density at radius 3 is 2.58 bits per heavy atom. The molecule has 3 aromatic rings. The van der Waals surface area contributed by atoms with E-state index in [0.29, 0.717) is 11.1 Å². The maximum Gasteiger partial charge on any atom is 0.418 e. The van der Waals surface area contributed by atoms with Gasteiger partial charge in [0.05, 0.1) is 11.9 Å². The van der Waals surface area contributed by atoms with Crippen molar-refractivity contribution < 1.29 is 19.4 Å². The fraction of sp³-hybridized carbons (Fsp3) is 0.158. The Balaban J connectivity index is 1.90. The lowest BCUT2D eigenvalue weighted by Gasteiger charge is -2.06. The van der Waals surface area contributed by atoms with Crippen molar-refractivity contribution in [3.63, 3.8) is 0 Å². The van der Waals surface area contributed by atoms with E-state index in [9.17, 15) is 9.59 Å². The lowest BCUT2D eigenvalue weighted by molar-refractivity contribution is -0.136. The van der Waals surface area contributed by atoms with E-state index in [4.69, 9.17) is 9.84 Å². The molecule has 5 nitrogen and oxygen atoms in total. The Kier molecular flexibility index (Phi) is 4.33. The van der Waals surface area contributed by atoms with Crippen molar-refractivity contribution in [3.8, 4) is 0 Å². The van der Waals surface area contributed by atoms with Crippen LogP contribution in [0.3, 0.4) is 0 Å². The maximum absolute atomic E-state index is 12.4. The Morgan fingerprint density at radius 2 is 1.88 bits per heavy atom. The first-order valence-corrected chi connectivity index (χ1v) is 7.58. The van der Waals surface area contributed by atoms with Crippen LogP contribution in [0.4, 0.5) is 4.79 Å². The Labute approximate surface area is 139 Å². The molecule has 0 radical (unpaired) electrons. The molecule has 1 heterocycles. The number of nitrogens with zero attached hydrogens (tertiary/aromatic N) is 1. The fourth-order valence-corrected chi connectivity index (χ4v) is 2.66. The largest absolute Gasteiger partial charge is 0.481 e. The minimum Gasteiger partial charge on any atom is -0.481 e. The van der Waals surface area contributed by atoms with Crippen molar-refractivity contribution in [1.29, 1.82) is 0 Å². The van der Waals surface area contributed by atoms with Crippen molar-refractivity contribution in [2.24, 2.45) is 0 Å². The molecule has 5 heteroatoms. The van der Waals surface area contributed by atoms with Gasteiger partial charge in [-0.3, -0.25) is 9.36 Å². The number of ether oxygens (including phenoxy) is 1. The van der Waals surface area contributed by atoms with Crippen molar-refractivity contribution in [1.82, 2.24) is 4.57 Å². The number of carbonyl (C=O) groups is 2. The third kappa shape index (κ3) is 3.30. The molecule has 0 aliphatic rings. The Morgan fingerprint density at radius 1 is 1.12 bits per heavy atom. The van der Waals surface area contributed by atoms with Crippen LogP contribution in [-0.4, -0.2) is 21.7 Å². The maximum atomic E-state index is 12.4. The van der Waals surface area contributed by atoms with Crippen LogP contribution in [0.5, 0.6) is 0 Å². The molecule has 0 spiro atoms. The Hall–Kier alpha value is -3.08. The summed E-state index contributed by atoms with van der Waals surface area (Å²) in [6, 6.07) is 15.0. The minimum absolute atomic E-state index is 0.140. The molecule has 24 heavy (non-hydrogen) atoms. The predicted octanol–water partition coefficient (Wildman–Crippen LogP) is 3.76. The van der Waals surface area contributed by atoms with Crippen molar-refractivity contribution in [3.05, 3.63) is 71.4 Å². The topological polar surface area (TPSA) is 68.5 Å². The first-order valence-electron chi connectivity index (χ1n) is 7.58. The highest BCUT2D eigenvalue weighted by atomic mass is 16.5. The average Bonchev–Trinajstić information content (AvgIpc) is 2.91. The molecule has 0 unspecified atom stereocenters. The van der Waals surface area contributed by atoms with Crippen LogP contribution in [0.2, 0.25) is 0 Å². The first-order chi connectivity index (χ1) is 11.5. The number of fused-ring (bicyclic) bond motifs is 1. The van der Waals surface area contributed by atoms with Crippen molar-refractivity contribution in [2.75, 3.05) is 0 Å². The van der Waals surface area contributed by atoms with Gasteiger partial charge in [0.1, 0.15) is 6.61 Å². The second-order valence-corrected chi connectivity index (χ2v) is 5.66. The molecule has 0 saturated carbocycles. The summed E-state index contributed by atoms with van der Waals surface area (Å²) in [5, 5.41) is 9.83. The van der Waals surface area contributed by atoms with Gasteiger partial charge < -0.3 is 9.84 Å². The minimum atomic E-state index is -0.937. The molecule has 0 aliphatic carbocycles. The zero-order valence-corrected chi connectivity index (χ0v) is 13.2. The van der Waals surface area contributed by atoms with Crippen molar-refractivity contribution >= 4 is 23.0 Å². The number of carboxylic acid groups (broad SMARTS) is 1. The SMILES string of the molecule is Cc1ccc2c(c1)c(CC(=O)O)cn2C(=O)OCc1ccccc1. The molecule has 0 bridgehead atoms. The lowest BCUT2D eigenvalue weighted by atomic mass is 10.1. The highest BCUT2D eigenvalue weighted by Crippen LogP contribution is 2.24. The van der Waals surface area contributed by atoms with E-state index in [2.05, 4.69) is 0 Å². The summed E-state index contributed by atoms with van der Waals surface area (Å²) in [5.41, 5.74) is 3.14. The second-order valence-electron chi connectivity index (χ2n) is 5.66. The Bertz CT molecular complexity index is 896. The number of carbonyl (C=O) groups excluding carboxylic acids is 1. The number of aromatic nitrogens is 1. The van der Waals surface area contributed by atoms with Gasteiger partial charge in [-0.25, -0.2) is 4.79 Å². The van der Waals surface area contributed by atoms with Crippen LogP contribution in [0.15, 0.2) is 54.7 Å². The zero-order chi connectivity index (χ0) is 17.1. The highest BCUT2D eigenvalue weighted by molar-refractivity contribution is 5.94. The van der Waals surface area contributed by atoms with Gasteiger partial charge in [-0.2, -0.15) is 0 Å². The van der Waals surface area contributed by atoms with Gasteiger partial charge in [-0.05, 0) is 30.2 Å². The normalized spacial score (nSPS) is 10.7. The highest BCUT2D eigenvalue weighted by Gasteiger charge is 2.16. The van der Waals surface area contributed by atoms with E-state index in [1.54, 1.807) is 12.3 Å². The summed E-state index contributed by atoms with van der Waals surface area (Å²) >= 11 is 0. The third-order valence-electron chi connectivity index (χ3n) is 3.79. The summed E-state index contributed by atoms with van der Waals surface area (Å²) in [6.45, 7) is 2.09. The van der Waals surface area contributed by atoms with E-state index >= 15 is 0 Å². The lowest BCUT2D eigenvalue weighted by Crippen LogP contribution is -2.12. The van der Waals surface area contributed by atoms with E-state index in [0.717, 1.165) is 16.5 Å². The second kappa shape index (κ2) is 6.58. The number of aryl methyl sites for hydroxylation is 1. The standard InChI is InChI=1S/C19H17NO4/c1-13-7-8-17-16(9-13)15(10-18(21)22)11-20(17)19(23)24-12-14-5-3-2-4-6-14/h2-9,11H,10,12H2,1H3,(H,21,22). The number of hydrogen-bond donors (Lipinski definition) is 1. The van der Waals surface area contributed by atoms with Crippen LogP contribution >= 0.6 is 0 Å². The molecule has 3 rings (SSSR count). The molecule has 122 valence electrons. The zero-order valence-electron chi connectivity index (χ0n) is 13.2. The van der Waals surface area contributed by atoms with Gasteiger partial charge in [0.2, 0.25) is 0 Å². The molecular formula is C19H17NO4. The average molecular weight is 323 g/mol. The smallest absolute Gasteiger partial charge is 0.418 e. The number of benzene rings is 2. The van der Waals surface area contributed by atoms with Gasteiger partial charge >= 0.3 is 12.1 Å². The summed E-state index contributed by atoms with van der Waals surface area (Å²) in [5.74, 6) is -0.937. The third-order valence-corrected chi connectivity index (χ3v) is 3.79. The summed E-state index contributed by atoms with van der Waals surface area (Å²) in [7, 11) is 0. The van der Waals surface area contributed by atoms with E-state index in [1.807, 2.05) is 49.4 Å². The molecule has 0 saturated heterocycles. The monoisotopic (exact) mass is 323 g/mol. The number of aliphatic carboxylic acids is 1. The van der Waals surface area contributed by atoms with Gasteiger partial charge in [0.25, 0.3) is 0 Å².